The number of carbonyl (C=O) groups excluding carboxylic acids is 1. The standard InChI is InChI=1S/C24H22ClN3OS/c1-15-6-7-16(2)19(11-15)12-22(29)28(14-18-5-4-10-26-13-18)24-27-23-17(3)20(25)8-9-21(23)30-24/h4-11,13H,12,14H2,1-3H3. The van der Waals surface area contributed by atoms with Gasteiger partial charge in [-0.1, -0.05) is 52.8 Å². The molecule has 0 radical (unpaired) electrons. The van der Waals surface area contributed by atoms with Gasteiger partial charge in [-0.25, -0.2) is 4.98 Å². The molecule has 0 unspecified atom stereocenters. The second-order valence-corrected chi connectivity index (χ2v) is 8.88. The molecule has 0 fully saturated rings. The van der Waals surface area contributed by atoms with Crippen LogP contribution in [0.15, 0.2) is 54.9 Å². The van der Waals surface area contributed by atoms with Crippen molar-refractivity contribution >= 4 is 44.2 Å². The third-order valence-corrected chi connectivity index (χ3v) is 6.63. The maximum Gasteiger partial charge on any atom is 0.233 e. The van der Waals surface area contributed by atoms with E-state index in [1.165, 1.54) is 11.3 Å². The number of hydrogen-bond donors (Lipinski definition) is 0. The number of anilines is 1. The Balaban J connectivity index is 1.73. The SMILES string of the molecule is Cc1ccc(C)c(CC(=O)N(Cc2cccnc2)c2nc3c(C)c(Cl)ccc3s2)c1. The Morgan fingerprint density at radius 3 is 2.73 bits per heavy atom. The molecule has 4 aromatic rings. The molecule has 6 heteroatoms. The lowest BCUT2D eigenvalue weighted by Crippen LogP contribution is -2.32. The van der Waals surface area contributed by atoms with E-state index in [-0.39, 0.29) is 5.91 Å². The minimum Gasteiger partial charge on any atom is -0.283 e. The summed E-state index contributed by atoms with van der Waals surface area (Å²) in [7, 11) is 0. The second kappa shape index (κ2) is 8.54. The molecule has 4 rings (SSSR count). The van der Waals surface area contributed by atoms with Crippen molar-refractivity contribution in [2.24, 2.45) is 0 Å². The lowest BCUT2D eigenvalue weighted by Gasteiger charge is -2.20. The van der Waals surface area contributed by atoms with Crippen molar-refractivity contribution in [3.05, 3.63) is 87.7 Å². The Bertz CT molecular complexity index is 1220. The minimum absolute atomic E-state index is 0.00959. The molecule has 2 heterocycles. The molecule has 0 saturated heterocycles. The molecule has 2 aromatic heterocycles. The van der Waals surface area contributed by atoms with Crippen molar-refractivity contribution in [3.63, 3.8) is 0 Å². The molecule has 0 saturated carbocycles. The number of aromatic nitrogens is 2. The maximum absolute atomic E-state index is 13.5. The van der Waals surface area contributed by atoms with Crippen LogP contribution in [0.4, 0.5) is 5.13 Å². The summed E-state index contributed by atoms with van der Waals surface area (Å²) in [6.07, 6.45) is 3.84. The van der Waals surface area contributed by atoms with E-state index in [2.05, 4.69) is 23.2 Å². The molecule has 0 spiro atoms. The highest BCUT2D eigenvalue weighted by atomic mass is 35.5. The largest absolute Gasteiger partial charge is 0.283 e. The zero-order valence-electron chi connectivity index (χ0n) is 17.1. The number of pyridine rings is 1. The van der Waals surface area contributed by atoms with Crippen LogP contribution in [0, 0.1) is 20.8 Å². The van der Waals surface area contributed by atoms with Crippen molar-refractivity contribution in [2.45, 2.75) is 33.7 Å². The first-order valence-electron chi connectivity index (χ1n) is 9.73. The van der Waals surface area contributed by atoms with Gasteiger partial charge in [-0.2, -0.15) is 0 Å². The molecule has 30 heavy (non-hydrogen) atoms. The van der Waals surface area contributed by atoms with E-state index in [9.17, 15) is 4.79 Å². The van der Waals surface area contributed by atoms with E-state index < -0.39 is 0 Å². The summed E-state index contributed by atoms with van der Waals surface area (Å²) in [6.45, 7) is 6.46. The van der Waals surface area contributed by atoms with Gasteiger partial charge in [-0.15, -0.1) is 0 Å². The predicted molar refractivity (Wildman–Crippen MR) is 124 cm³/mol. The van der Waals surface area contributed by atoms with Crippen LogP contribution in [0.2, 0.25) is 5.02 Å². The fraction of sp³-hybridized carbons (Fsp3) is 0.208. The number of thiazole rings is 1. The van der Waals surface area contributed by atoms with Crippen LogP contribution in [-0.4, -0.2) is 15.9 Å². The third kappa shape index (κ3) is 4.23. The van der Waals surface area contributed by atoms with Crippen molar-refractivity contribution in [1.29, 1.82) is 0 Å². The van der Waals surface area contributed by atoms with Crippen molar-refractivity contribution in [2.75, 3.05) is 4.90 Å². The molecule has 0 atom stereocenters. The summed E-state index contributed by atoms with van der Waals surface area (Å²) >= 11 is 7.79. The average molecular weight is 436 g/mol. The monoisotopic (exact) mass is 435 g/mol. The fourth-order valence-electron chi connectivity index (χ4n) is 3.39. The summed E-state index contributed by atoms with van der Waals surface area (Å²) < 4.78 is 1.02. The number of fused-ring (bicyclic) bond motifs is 1. The molecule has 4 nitrogen and oxygen atoms in total. The number of hydrogen-bond acceptors (Lipinski definition) is 4. The average Bonchev–Trinajstić information content (AvgIpc) is 3.17. The molecular formula is C24H22ClN3OS. The number of halogens is 1. The number of nitrogens with zero attached hydrogens (tertiary/aromatic N) is 3. The smallest absolute Gasteiger partial charge is 0.233 e. The Kier molecular flexibility index (Phi) is 5.84. The van der Waals surface area contributed by atoms with E-state index >= 15 is 0 Å². The number of amides is 1. The van der Waals surface area contributed by atoms with E-state index in [1.807, 2.05) is 45.0 Å². The lowest BCUT2D eigenvalue weighted by molar-refractivity contribution is -0.118. The maximum atomic E-state index is 13.5. The molecule has 0 bridgehead atoms. The molecule has 0 aliphatic carbocycles. The normalized spacial score (nSPS) is 11.1. The van der Waals surface area contributed by atoms with Gasteiger partial charge in [-0.3, -0.25) is 14.7 Å². The Morgan fingerprint density at radius 2 is 1.97 bits per heavy atom. The highest BCUT2D eigenvalue weighted by Gasteiger charge is 2.22. The van der Waals surface area contributed by atoms with Crippen molar-refractivity contribution < 1.29 is 4.79 Å². The molecule has 0 aliphatic rings. The number of rotatable bonds is 5. The first-order valence-corrected chi connectivity index (χ1v) is 10.9. The summed E-state index contributed by atoms with van der Waals surface area (Å²) in [5.41, 5.74) is 6.03. The van der Waals surface area contributed by atoms with Gasteiger partial charge in [0.25, 0.3) is 0 Å². The Labute approximate surface area is 185 Å². The first kappa shape index (κ1) is 20.5. The van der Waals surface area contributed by atoms with Crippen molar-refractivity contribution in [1.82, 2.24) is 9.97 Å². The molecule has 152 valence electrons. The zero-order valence-corrected chi connectivity index (χ0v) is 18.7. The highest BCUT2D eigenvalue weighted by molar-refractivity contribution is 7.22. The van der Waals surface area contributed by atoms with E-state index in [1.54, 1.807) is 17.3 Å². The summed E-state index contributed by atoms with van der Waals surface area (Å²) in [6, 6.07) is 13.9. The van der Waals surface area contributed by atoms with Crippen LogP contribution in [0.1, 0.15) is 27.8 Å². The van der Waals surface area contributed by atoms with Gasteiger partial charge in [0.2, 0.25) is 5.91 Å². The predicted octanol–water partition coefficient (Wildman–Crippen LogP) is 6.05. The van der Waals surface area contributed by atoms with Gasteiger partial charge in [-0.05, 0) is 61.2 Å². The molecular weight excluding hydrogens is 414 g/mol. The van der Waals surface area contributed by atoms with Gasteiger partial charge >= 0.3 is 0 Å². The fourth-order valence-corrected chi connectivity index (χ4v) is 4.58. The lowest BCUT2D eigenvalue weighted by atomic mass is 10.0. The quantitative estimate of drug-likeness (QED) is 0.383. The Hall–Kier alpha value is -2.76. The third-order valence-electron chi connectivity index (χ3n) is 5.18. The van der Waals surface area contributed by atoms with E-state index in [0.717, 1.165) is 38.0 Å². The van der Waals surface area contributed by atoms with Gasteiger partial charge in [0.15, 0.2) is 5.13 Å². The minimum atomic E-state index is 0.00959. The molecule has 0 aliphatic heterocycles. The number of benzene rings is 2. The number of aryl methyl sites for hydroxylation is 3. The van der Waals surface area contributed by atoms with Crippen LogP contribution in [0.5, 0.6) is 0 Å². The van der Waals surface area contributed by atoms with E-state index in [4.69, 9.17) is 16.6 Å². The second-order valence-electron chi connectivity index (χ2n) is 7.46. The highest BCUT2D eigenvalue weighted by Crippen LogP contribution is 2.34. The van der Waals surface area contributed by atoms with Gasteiger partial charge in [0.1, 0.15) is 0 Å². The molecule has 2 aromatic carbocycles. The van der Waals surface area contributed by atoms with Gasteiger partial charge < -0.3 is 0 Å². The van der Waals surface area contributed by atoms with Crippen LogP contribution in [-0.2, 0) is 17.8 Å². The van der Waals surface area contributed by atoms with Gasteiger partial charge in [0.05, 0.1) is 23.2 Å². The van der Waals surface area contributed by atoms with Gasteiger partial charge in [0, 0.05) is 17.4 Å². The zero-order chi connectivity index (χ0) is 21.3. The van der Waals surface area contributed by atoms with Crippen LogP contribution in [0.25, 0.3) is 10.2 Å². The first-order chi connectivity index (χ1) is 14.4. The van der Waals surface area contributed by atoms with E-state index in [0.29, 0.717) is 23.1 Å². The Morgan fingerprint density at radius 1 is 1.13 bits per heavy atom. The van der Waals surface area contributed by atoms with Crippen molar-refractivity contribution in [3.8, 4) is 0 Å². The topological polar surface area (TPSA) is 46.1 Å². The summed E-state index contributed by atoms with van der Waals surface area (Å²) in [5, 5.41) is 1.36. The summed E-state index contributed by atoms with van der Waals surface area (Å²) in [4.78, 5) is 24.2. The summed E-state index contributed by atoms with van der Waals surface area (Å²) in [5.74, 6) is 0.00959. The molecule has 0 N–H and O–H groups in total. The number of carbonyl (C=O) groups is 1. The van der Waals surface area contributed by atoms with Crippen LogP contribution < -0.4 is 4.90 Å². The van der Waals surface area contributed by atoms with Crippen LogP contribution >= 0.6 is 22.9 Å². The van der Waals surface area contributed by atoms with Crippen LogP contribution in [0.3, 0.4) is 0 Å². The molecule has 1 amide bonds.